The Morgan fingerprint density at radius 3 is 1.20 bits per heavy atom. The summed E-state index contributed by atoms with van der Waals surface area (Å²) >= 11 is 0. The highest BCUT2D eigenvalue weighted by molar-refractivity contribution is 5.81. The van der Waals surface area contributed by atoms with Crippen LogP contribution in [0.3, 0.4) is 0 Å². The lowest BCUT2D eigenvalue weighted by Gasteiger charge is -2.37. The molecule has 0 spiro atoms. The van der Waals surface area contributed by atoms with Gasteiger partial charge in [0.25, 0.3) is 0 Å². The molecular formula is C35H32O6. The predicted octanol–water partition coefficient (Wildman–Crippen LogP) is 6.29. The molecule has 0 unspecified atom stereocenters. The van der Waals surface area contributed by atoms with Crippen LogP contribution in [-0.2, 0) is 24.5 Å². The number of hydrogen-bond acceptors (Lipinski definition) is 6. The topological polar surface area (TPSA) is 71.1 Å². The lowest BCUT2D eigenvalue weighted by molar-refractivity contribution is -0.139. The summed E-state index contributed by atoms with van der Waals surface area (Å²) in [6.07, 6.45) is 2.25. The Kier molecular flexibility index (Phi) is 10.1. The Morgan fingerprint density at radius 1 is 0.512 bits per heavy atom. The number of benzene rings is 4. The van der Waals surface area contributed by atoms with Gasteiger partial charge in [0.2, 0.25) is 0 Å². The highest BCUT2D eigenvalue weighted by Crippen LogP contribution is 2.45. The second-order valence-corrected chi connectivity index (χ2v) is 8.97. The number of ether oxygens (including phenoxy) is 4. The van der Waals surface area contributed by atoms with Crippen molar-refractivity contribution in [1.29, 1.82) is 0 Å². The second kappa shape index (κ2) is 14.3. The van der Waals surface area contributed by atoms with Gasteiger partial charge in [0.15, 0.2) is 0 Å². The molecule has 0 N–H and O–H groups in total. The molecule has 0 atom stereocenters. The van der Waals surface area contributed by atoms with Crippen LogP contribution in [0.15, 0.2) is 135 Å². The minimum absolute atomic E-state index is 0.135. The van der Waals surface area contributed by atoms with Crippen molar-refractivity contribution in [3.05, 3.63) is 157 Å². The lowest BCUT2D eigenvalue weighted by Crippen LogP contribution is -2.31. The molecule has 6 nitrogen and oxygen atoms in total. The van der Waals surface area contributed by atoms with E-state index in [0.29, 0.717) is 11.5 Å². The molecule has 0 aromatic heterocycles. The molecule has 41 heavy (non-hydrogen) atoms. The fraction of sp³-hybridized carbons (Fsp3) is 0.143. The van der Waals surface area contributed by atoms with E-state index in [1.807, 2.05) is 60.7 Å². The van der Waals surface area contributed by atoms with E-state index in [1.54, 1.807) is 0 Å². The van der Waals surface area contributed by atoms with Gasteiger partial charge in [-0.05, 0) is 46.5 Å². The molecule has 4 aromatic carbocycles. The molecule has 0 saturated heterocycles. The molecule has 0 bridgehead atoms. The molecule has 4 aromatic rings. The molecule has 0 radical (unpaired) electrons. The summed E-state index contributed by atoms with van der Waals surface area (Å²) in [5.41, 5.74) is 3.65. The Hall–Kier alpha value is -5.10. The van der Waals surface area contributed by atoms with Crippen LogP contribution in [0, 0.1) is 0 Å². The summed E-state index contributed by atoms with van der Waals surface area (Å²) in [6.45, 7) is 7.52. The number of carbonyl (C=O) groups is 2. The fourth-order valence-corrected chi connectivity index (χ4v) is 4.70. The van der Waals surface area contributed by atoms with Crippen molar-refractivity contribution in [1.82, 2.24) is 0 Å². The van der Waals surface area contributed by atoms with Gasteiger partial charge in [-0.1, -0.05) is 98.1 Å². The lowest BCUT2D eigenvalue weighted by atomic mass is 9.65. The molecule has 0 fully saturated rings. The van der Waals surface area contributed by atoms with Crippen LogP contribution in [0.4, 0.5) is 0 Å². The minimum Gasteiger partial charge on any atom is -0.490 e. The summed E-state index contributed by atoms with van der Waals surface area (Å²) in [4.78, 5) is 22.6. The number of rotatable bonds is 14. The van der Waals surface area contributed by atoms with Gasteiger partial charge in [-0.2, -0.15) is 0 Å². The summed E-state index contributed by atoms with van der Waals surface area (Å²) in [6, 6.07) is 36.6. The molecule has 0 saturated carbocycles. The standard InChI is InChI=1S/C35H32O6/c1-3-33(36)40-25-23-38-31-19-15-29(16-20-31)35(27-11-7-5-8-12-27,28-13-9-6-10-14-28)30-17-21-32(22-18-30)39-24-26-41-34(37)4-2/h3-22H,1-2,23-26H2. The highest BCUT2D eigenvalue weighted by Gasteiger charge is 2.38. The van der Waals surface area contributed by atoms with Crippen LogP contribution in [0.25, 0.3) is 0 Å². The Balaban J connectivity index is 1.68. The van der Waals surface area contributed by atoms with E-state index in [0.717, 1.165) is 34.4 Å². The quantitative estimate of drug-likeness (QED) is 0.0799. The smallest absolute Gasteiger partial charge is 0.330 e. The number of esters is 2. The van der Waals surface area contributed by atoms with Crippen molar-refractivity contribution >= 4 is 11.9 Å². The van der Waals surface area contributed by atoms with Crippen molar-refractivity contribution < 1.29 is 28.5 Å². The van der Waals surface area contributed by atoms with Crippen LogP contribution < -0.4 is 9.47 Å². The maximum atomic E-state index is 11.3. The summed E-state index contributed by atoms with van der Waals surface area (Å²) in [5.74, 6) is 0.373. The van der Waals surface area contributed by atoms with Crippen LogP contribution in [0.1, 0.15) is 22.3 Å². The number of hydrogen-bond donors (Lipinski definition) is 0. The van der Waals surface area contributed by atoms with Gasteiger partial charge in [0.05, 0.1) is 5.41 Å². The second-order valence-electron chi connectivity index (χ2n) is 8.97. The fourth-order valence-electron chi connectivity index (χ4n) is 4.70. The molecule has 4 rings (SSSR count). The van der Waals surface area contributed by atoms with Gasteiger partial charge in [0, 0.05) is 12.2 Å². The summed E-state index contributed by atoms with van der Waals surface area (Å²) in [7, 11) is 0. The van der Waals surface area contributed by atoms with Crippen molar-refractivity contribution in [2.24, 2.45) is 0 Å². The first kappa shape index (κ1) is 28.9. The normalized spacial score (nSPS) is 10.7. The first-order valence-corrected chi connectivity index (χ1v) is 13.2. The third-order valence-corrected chi connectivity index (χ3v) is 6.51. The molecule has 6 heteroatoms. The zero-order chi connectivity index (χ0) is 28.9. The van der Waals surface area contributed by atoms with E-state index >= 15 is 0 Å². The van der Waals surface area contributed by atoms with Gasteiger partial charge < -0.3 is 18.9 Å². The molecule has 0 aliphatic heterocycles. The van der Waals surface area contributed by atoms with Gasteiger partial charge in [-0.3, -0.25) is 0 Å². The maximum Gasteiger partial charge on any atom is 0.330 e. The predicted molar refractivity (Wildman–Crippen MR) is 158 cm³/mol. The van der Waals surface area contributed by atoms with Crippen molar-refractivity contribution in [3.63, 3.8) is 0 Å². The number of carbonyl (C=O) groups excluding carboxylic acids is 2. The first-order chi connectivity index (χ1) is 20.1. The maximum absolute atomic E-state index is 11.3. The largest absolute Gasteiger partial charge is 0.490 e. The first-order valence-electron chi connectivity index (χ1n) is 13.2. The van der Waals surface area contributed by atoms with Gasteiger partial charge in [-0.15, -0.1) is 0 Å². The third kappa shape index (κ3) is 7.11. The Labute approximate surface area is 240 Å². The SMILES string of the molecule is C=CC(=O)OCCOc1ccc(C(c2ccccc2)(c2ccccc2)c2ccc(OCCOC(=O)C=C)cc2)cc1. The highest BCUT2D eigenvalue weighted by atomic mass is 16.6. The zero-order valence-electron chi connectivity index (χ0n) is 22.7. The van der Waals surface area contributed by atoms with Crippen molar-refractivity contribution in [2.45, 2.75) is 5.41 Å². The molecule has 0 aliphatic rings. The van der Waals surface area contributed by atoms with E-state index in [2.05, 4.69) is 61.7 Å². The van der Waals surface area contributed by atoms with E-state index in [9.17, 15) is 9.59 Å². The van der Waals surface area contributed by atoms with Gasteiger partial charge in [0.1, 0.15) is 37.9 Å². The summed E-state index contributed by atoms with van der Waals surface area (Å²) < 4.78 is 21.6. The van der Waals surface area contributed by atoms with Crippen molar-refractivity contribution in [3.8, 4) is 11.5 Å². The van der Waals surface area contributed by atoms with E-state index in [1.165, 1.54) is 0 Å². The Morgan fingerprint density at radius 2 is 0.854 bits per heavy atom. The van der Waals surface area contributed by atoms with Crippen LogP contribution in [0.5, 0.6) is 11.5 Å². The van der Waals surface area contributed by atoms with Crippen molar-refractivity contribution in [2.75, 3.05) is 26.4 Å². The van der Waals surface area contributed by atoms with Gasteiger partial charge in [-0.25, -0.2) is 9.59 Å². The average Bonchev–Trinajstić information content (AvgIpc) is 3.04. The Bertz CT molecular complexity index is 1320. The zero-order valence-corrected chi connectivity index (χ0v) is 22.7. The molecule has 208 valence electrons. The van der Waals surface area contributed by atoms with E-state index < -0.39 is 17.4 Å². The monoisotopic (exact) mass is 548 g/mol. The summed E-state index contributed by atoms with van der Waals surface area (Å²) in [5, 5.41) is 0. The van der Waals surface area contributed by atoms with E-state index in [4.69, 9.17) is 18.9 Å². The third-order valence-electron chi connectivity index (χ3n) is 6.51. The minimum atomic E-state index is -0.640. The van der Waals surface area contributed by atoms with Crippen LogP contribution in [0.2, 0.25) is 0 Å². The van der Waals surface area contributed by atoms with Crippen LogP contribution in [-0.4, -0.2) is 38.4 Å². The molecule has 0 aliphatic carbocycles. The molecule has 0 amide bonds. The average molecular weight is 549 g/mol. The van der Waals surface area contributed by atoms with E-state index in [-0.39, 0.29) is 26.4 Å². The molecule has 0 heterocycles. The van der Waals surface area contributed by atoms with Crippen LogP contribution >= 0.6 is 0 Å². The molecular weight excluding hydrogens is 516 g/mol. The van der Waals surface area contributed by atoms with Gasteiger partial charge >= 0.3 is 11.9 Å².